The first-order chi connectivity index (χ1) is 10.0. The lowest BCUT2D eigenvalue weighted by molar-refractivity contribution is 0.0857. The Hall–Kier alpha value is -1.55. The van der Waals surface area contributed by atoms with Gasteiger partial charge < -0.3 is 14.8 Å². The summed E-state index contributed by atoms with van der Waals surface area (Å²) in [7, 11) is 1.66. The minimum Gasteiger partial charge on any atom is -0.496 e. The molecule has 1 fully saturated rings. The van der Waals surface area contributed by atoms with Crippen molar-refractivity contribution in [3.63, 3.8) is 0 Å². The Balaban J connectivity index is 2.13. The Morgan fingerprint density at radius 3 is 2.81 bits per heavy atom. The van der Waals surface area contributed by atoms with Crippen LogP contribution in [-0.4, -0.2) is 32.3 Å². The number of benzene rings is 1. The molecule has 0 unspecified atom stereocenters. The van der Waals surface area contributed by atoms with E-state index in [2.05, 4.69) is 19.2 Å². The van der Waals surface area contributed by atoms with E-state index in [1.54, 1.807) is 7.11 Å². The van der Waals surface area contributed by atoms with Crippen LogP contribution < -0.4 is 10.1 Å². The minimum absolute atomic E-state index is 0.0347. The number of amides is 1. The first kappa shape index (κ1) is 15.8. The zero-order chi connectivity index (χ0) is 15.4. The second-order valence-electron chi connectivity index (χ2n) is 5.91. The van der Waals surface area contributed by atoms with E-state index in [1.165, 1.54) is 0 Å². The first-order valence-corrected chi connectivity index (χ1v) is 7.61. The number of rotatable bonds is 5. The summed E-state index contributed by atoms with van der Waals surface area (Å²) < 4.78 is 10.9. The summed E-state index contributed by atoms with van der Waals surface area (Å²) in [6.45, 7) is 7.52. The summed E-state index contributed by atoms with van der Waals surface area (Å²) in [5.74, 6) is 1.12. The van der Waals surface area contributed by atoms with Gasteiger partial charge in [0, 0.05) is 18.7 Å². The van der Waals surface area contributed by atoms with E-state index in [9.17, 15) is 4.79 Å². The highest BCUT2D eigenvalue weighted by molar-refractivity contribution is 5.96. The lowest BCUT2D eigenvalue weighted by Gasteiger charge is -2.17. The monoisotopic (exact) mass is 291 g/mol. The Morgan fingerprint density at radius 2 is 2.24 bits per heavy atom. The van der Waals surface area contributed by atoms with E-state index in [0.29, 0.717) is 12.5 Å². The highest BCUT2D eigenvalue weighted by atomic mass is 16.5. The van der Waals surface area contributed by atoms with Gasteiger partial charge in [-0.25, -0.2) is 0 Å². The molecule has 0 bridgehead atoms. The SMILES string of the molecule is COc1cc(C)c(C(=O)NC[C@H]2CCCO2)cc1C(C)C. The number of hydrogen-bond acceptors (Lipinski definition) is 3. The van der Waals surface area contributed by atoms with Crippen LogP contribution in [0.15, 0.2) is 12.1 Å². The van der Waals surface area contributed by atoms with Crippen molar-refractivity contribution in [2.75, 3.05) is 20.3 Å². The maximum absolute atomic E-state index is 12.4. The number of hydrogen-bond donors (Lipinski definition) is 1. The maximum atomic E-state index is 12.4. The molecule has 4 nitrogen and oxygen atoms in total. The van der Waals surface area contributed by atoms with Crippen LogP contribution >= 0.6 is 0 Å². The molecular weight excluding hydrogens is 266 g/mol. The normalized spacial score (nSPS) is 18.0. The molecule has 116 valence electrons. The van der Waals surface area contributed by atoms with Gasteiger partial charge in [-0.05, 0) is 48.9 Å². The highest BCUT2D eigenvalue weighted by Crippen LogP contribution is 2.29. The van der Waals surface area contributed by atoms with Gasteiger partial charge in [0.05, 0.1) is 13.2 Å². The number of carbonyl (C=O) groups is 1. The van der Waals surface area contributed by atoms with Gasteiger partial charge in [-0.2, -0.15) is 0 Å². The fourth-order valence-electron chi connectivity index (χ4n) is 2.68. The van der Waals surface area contributed by atoms with Crippen molar-refractivity contribution in [3.8, 4) is 5.75 Å². The summed E-state index contributed by atoms with van der Waals surface area (Å²) >= 11 is 0. The van der Waals surface area contributed by atoms with Gasteiger partial charge in [0.1, 0.15) is 5.75 Å². The minimum atomic E-state index is -0.0347. The Labute approximate surface area is 126 Å². The number of aryl methyl sites for hydroxylation is 1. The first-order valence-electron chi connectivity index (χ1n) is 7.61. The molecule has 1 atom stereocenters. The van der Waals surface area contributed by atoms with Gasteiger partial charge >= 0.3 is 0 Å². The van der Waals surface area contributed by atoms with Crippen LogP contribution in [-0.2, 0) is 4.74 Å². The average molecular weight is 291 g/mol. The highest BCUT2D eigenvalue weighted by Gasteiger charge is 2.19. The Kier molecular flexibility index (Phi) is 5.23. The molecule has 1 aromatic carbocycles. The molecule has 21 heavy (non-hydrogen) atoms. The fraction of sp³-hybridized carbons (Fsp3) is 0.588. The molecule has 1 amide bonds. The predicted molar refractivity (Wildman–Crippen MR) is 83.1 cm³/mol. The van der Waals surface area contributed by atoms with Crippen LogP contribution in [0.4, 0.5) is 0 Å². The molecule has 0 aromatic heterocycles. The molecule has 1 aliphatic rings. The van der Waals surface area contributed by atoms with Crippen molar-refractivity contribution in [2.24, 2.45) is 0 Å². The van der Waals surface area contributed by atoms with E-state index in [1.807, 2.05) is 19.1 Å². The van der Waals surface area contributed by atoms with Crippen molar-refractivity contribution in [3.05, 3.63) is 28.8 Å². The molecule has 4 heteroatoms. The number of ether oxygens (including phenoxy) is 2. The predicted octanol–water partition coefficient (Wildman–Crippen LogP) is 3.04. The van der Waals surface area contributed by atoms with E-state index in [0.717, 1.165) is 41.9 Å². The molecule has 1 saturated heterocycles. The van der Waals surface area contributed by atoms with Gasteiger partial charge in [0.25, 0.3) is 5.91 Å². The van der Waals surface area contributed by atoms with Gasteiger partial charge in [-0.1, -0.05) is 13.8 Å². The van der Waals surface area contributed by atoms with Crippen LogP contribution in [0.2, 0.25) is 0 Å². The molecule has 1 aliphatic heterocycles. The molecule has 1 heterocycles. The van der Waals surface area contributed by atoms with Crippen molar-refractivity contribution < 1.29 is 14.3 Å². The summed E-state index contributed by atoms with van der Waals surface area (Å²) in [6.07, 6.45) is 2.27. The molecular formula is C17H25NO3. The van der Waals surface area contributed by atoms with Crippen LogP contribution in [0.25, 0.3) is 0 Å². The Bertz CT molecular complexity index is 505. The summed E-state index contributed by atoms with van der Waals surface area (Å²) in [5, 5.41) is 2.98. The summed E-state index contributed by atoms with van der Waals surface area (Å²) in [6, 6.07) is 3.89. The lowest BCUT2D eigenvalue weighted by atomic mass is 9.96. The lowest BCUT2D eigenvalue weighted by Crippen LogP contribution is -2.32. The van der Waals surface area contributed by atoms with E-state index in [-0.39, 0.29) is 12.0 Å². The number of nitrogens with one attached hydrogen (secondary N) is 1. The van der Waals surface area contributed by atoms with Gasteiger partial charge in [-0.3, -0.25) is 4.79 Å². The molecule has 0 aliphatic carbocycles. The van der Waals surface area contributed by atoms with Crippen LogP contribution in [0, 0.1) is 6.92 Å². The molecule has 0 spiro atoms. The van der Waals surface area contributed by atoms with E-state index >= 15 is 0 Å². The summed E-state index contributed by atoms with van der Waals surface area (Å²) in [5.41, 5.74) is 2.71. The largest absolute Gasteiger partial charge is 0.496 e. The van der Waals surface area contributed by atoms with Crippen LogP contribution in [0.3, 0.4) is 0 Å². The third-order valence-electron chi connectivity index (χ3n) is 3.96. The van der Waals surface area contributed by atoms with Crippen LogP contribution in [0.5, 0.6) is 5.75 Å². The smallest absolute Gasteiger partial charge is 0.251 e. The molecule has 0 radical (unpaired) electrons. The maximum Gasteiger partial charge on any atom is 0.251 e. The quantitative estimate of drug-likeness (QED) is 0.907. The van der Waals surface area contributed by atoms with Crippen LogP contribution in [0.1, 0.15) is 54.1 Å². The van der Waals surface area contributed by atoms with E-state index in [4.69, 9.17) is 9.47 Å². The fourth-order valence-corrected chi connectivity index (χ4v) is 2.68. The molecule has 1 aromatic rings. The number of methoxy groups -OCH3 is 1. The standard InChI is InChI=1S/C17H25NO3/c1-11(2)14-9-15(12(3)8-16(14)20-4)17(19)18-10-13-6-5-7-21-13/h8-9,11,13H,5-7,10H2,1-4H3,(H,18,19)/t13-/m1/s1. The third-order valence-corrected chi connectivity index (χ3v) is 3.96. The zero-order valence-corrected chi connectivity index (χ0v) is 13.4. The zero-order valence-electron chi connectivity index (χ0n) is 13.4. The number of carbonyl (C=O) groups excluding carboxylic acids is 1. The second kappa shape index (κ2) is 6.94. The summed E-state index contributed by atoms with van der Waals surface area (Å²) in [4.78, 5) is 12.4. The molecule has 1 N–H and O–H groups in total. The second-order valence-corrected chi connectivity index (χ2v) is 5.91. The van der Waals surface area contributed by atoms with Gasteiger partial charge in [0.15, 0.2) is 0 Å². The molecule has 0 saturated carbocycles. The third kappa shape index (κ3) is 3.76. The van der Waals surface area contributed by atoms with Crippen molar-refractivity contribution >= 4 is 5.91 Å². The van der Waals surface area contributed by atoms with Crippen molar-refractivity contribution in [1.29, 1.82) is 0 Å². The molecule has 2 rings (SSSR count). The van der Waals surface area contributed by atoms with Crippen molar-refractivity contribution in [1.82, 2.24) is 5.32 Å². The van der Waals surface area contributed by atoms with Gasteiger partial charge in [-0.15, -0.1) is 0 Å². The van der Waals surface area contributed by atoms with E-state index < -0.39 is 0 Å². The van der Waals surface area contributed by atoms with Crippen molar-refractivity contribution in [2.45, 2.75) is 45.6 Å². The van der Waals surface area contributed by atoms with Gasteiger partial charge in [0.2, 0.25) is 0 Å². The topological polar surface area (TPSA) is 47.6 Å². The average Bonchev–Trinajstić information content (AvgIpc) is 2.97. The Morgan fingerprint density at radius 1 is 1.48 bits per heavy atom.